The smallest absolute Gasteiger partial charge is 0.169 e. The Bertz CT molecular complexity index is 485. The van der Waals surface area contributed by atoms with E-state index in [4.69, 9.17) is 0 Å². The Hall–Kier alpha value is -1.89. The van der Waals surface area contributed by atoms with E-state index in [0.717, 1.165) is 29.7 Å². The molecule has 0 amide bonds. The summed E-state index contributed by atoms with van der Waals surface area (Å²) in [4.78, 5) is 1.92. The highest BCUT2D eigenvalue weighted by molar-refractivity contribution is 5.58. The normalized spacial score (nSPS) is 9.94. The first kappa shape index (κ1) is 14.2. The maximum atomic E-state index is 9.37. The third-order valence-electron chi connectivity index (χ3n) is 2.81. The molecule has 96 valence electrons. The molecule has 0 atom stereocenters. The van der Waals surface area contributed by atoms with Crippen molar-refractivity contribution in [2.24, 2.45) is 0 Å². The van der Waals surface area contributed by atoms with Crippen LogP contribution in [0.25, 0.3) is 0 Å². The molecule has 0 aliphatic carbocycles. The van der Waals surface area contributed by atoms with Gasteiger partial charge in [-0.2, -0.15) is 10.4 Å². The molecule has 1 aromatic heterocycles. The predicted octanol–water partition coefficient (Wildman–Crippen LogP) is 2.49. The number of nitrogens with zero attached hydrogens (tertiary/aromatic N) is 4. The second kappa shape index (κ2) is 6.15. The third kappa shape index (κ3) is 2.86. The van der Waals surface area contributed by atoms with Crippen LogP contribution in [-0.4, -0.2) is 23.8 Å². The van der Waals surface area contributed by atoms with Gasteiger partial charge in [0, 0.05) is 13.6 Å². The number of hydrogen-bond donors (Lipinski definition) is 0. The van der Waals surface area contributed by atoms with Gasteiger partial charge in [0.15, 0.2) is 5.82 Å². The Morgan fingerprint density at radius 3 is 2.44 bits per heavy atom. The first-order valence-corrected chi connectivity index (χ1v) is 6.19. The van der Waals surface area contributed by atoms with Crippen molar-refractivity contribution in [2.75, 3.05) is 18.5 Å². The molecule has 0 bridgehead atoms. The number of nitriles is 1. The molecule has 0 radical (unpaired) electrons. The zero-order chi connectivity index (χ0) is 13.7. The van der Waals surface area contributed by atoms with Gasteiger partial charge < -0.3 is 4.90 Å². The van der Waals surface area contributed by atoms with Crippen LogP contribution in [-0.2, 0) is 12.8 Å². The van der Waals surface area contributed by atoms with Gasteiger partial charge >= 0.3 is 0 Å². The van der Waals surface area contributed by atoms with Crippen LogP contribution in [0.4, 0.5) is 5.82 Å². The maximum absolute atomic E-state index is 9.37. The molecule has 4 heteroatoms. The average molecular weight is 244 g/mol. The van der Waals surface area contributed by atoms with Gasteiger partial charge in [-0.1, -0.05) is 26.0 Å². The molecule has 18 heavy (non-hydrogen) atoms. The Morgan fingerprint density at radius 1 is 1.33 bits per heavy atom. The quantitative estimate of drug-likeness (QED) is 0.747. The molecule has 0 aliphatic rings. The van der Waals surface area contributed by atoms with Gasteiger partial charge in [0.2, 0.25) is 0 Å². The van der Waals surface area contributed by atoms with E-state index in [2.05, 4.69) is 22.8 Å². The van der Waals surface area contributed by atoms with Gasteiger partial charge in [0.1, 0.15) is 11.6 Å². The lowest BCUT2D eigenvalue weighted by Gasteiger charge is -2.20. The van der Waals surface area contributed by atoms with Crippen LogP contribution in [0.15, 0.2) is 12.2 Å². The summed E-state index contributed by atoms with van der Waals surface area (Å²) in [5, 5.41) is 17.8. The Balaban J connectivity index is 3.29. The molecule has 1 heterocycles. The molecular weight excluding hydrogens is 224 g/mol. The van der Waals surface area contributed by atoms with E-state index in [1.807, 2.05) is 32.7 Å². The number of anilines is 1. The zero-order valence-corrected chi connectivity index (χ0v) is 11.6. The summed E-state index contributed by atoms with van der Waals surface area (Å²) in [6, 6.07) is 2.27. The van der Waals surface area contributed by atoms with Crippen LogP contribution < -0.4 is 4.90 Å². The first-order chi connectivity index (χ1) is 8.54. The number of aryl methyl sites for hydroxylation is 1. The van der Waals surface area contributed by atoms with E-state index in [-0.39, 0.29) is 0 Å². The van der Waals surface area contributed by atoms with Crippen molar-refractivity contribution >= 4 is 5.82 Å². The number of likely N-dealkylation sites (N-methyl/N-ethyl adjacent to an activating group) is 1. The molecule has 4 nitrogen and oxygen atoms in total. The Kier molecular flexibility index (Phi) is 4.85. The number of rotatable bonds is 5. The minimum atomic E-state index is 0.646. The summed E-state index contributed by atoms with van der Waals surface area (Å²) < 4.78 is 0. The molecule has 1 aromatic rings. The van der Waals surface area contributed by atoms with Crippen LogP contribution in [0.5, 0.6) is 0 Å². The van der Waals surface area contributed by atoms with Crippen molar-refractivity contribution in [3.63, 3.8) is 0 Å². The largest absolute Gasteiger partial charge is 0.353 e. The summed E-state index contributed by atoms with van der Waals surface area (Å²) in [6.45, 7) is 10.6. The summed E-state index contributed by atoms with van der Waals surface area (Å²) in [5.41, 5.74) is 3.61. The lowest BCUT2D eigenvalue weighted by Crippen LogP contribution is -2.23. The van der Waals surface area contributed by atoms with Gasteiger partial charge in [-0.05, 0) is 25.3 Å². The summed E-state index contributed by atoms with van der Waals surface area (Å²) in [7, 11) is 1.91. The van der Waals surface area contributed by atoms with Crippen molar-refractivity contribution < 1.29 is 0 Å². The standard InChI is InChI=1S/C14H20N4/c1-6-11-12(8-15)14(17-16-13(11)7-2)18(5)9-10(3)4/h3,6-7,9H2,1-2,4-5H3. The van der Waals surface area contributed by atoms with E-state index in [1.54, 1.807) is 0 Å². The topological polar surface area (TPSA) is 52.8 Å². The molecule has 0 unspecified atom stereocenters. The van der Waals surface area contributed by atoms with E-state index in [9.17, 15) is 5.26 Å². The van der Waals surface area contributed by atoms with Crippen molar-refractivity contribution in [3.8, 4) is 6.07 Å². The highest BCUT2D eigenvalue weighted by atomic mass is 15.2. The molecule has 0 N–H and O–H groups in total. The minimum absolute atomic E-state index is 0.646. The molecule has 0 saturated carbocycles. The van der Waals surface area contributed by atoms with Gasteiger partial charge in [0.25, 0.3) is 0 Å². The second-order valence-electron chi connectivity index (χ2n) is 4.46. The Morgan fingerprint density at radius 2 is 2.00 bits per heavy atom. The monoisotopic (exact) mass is 244 g/mol. The predicted molar refractivity (Wildman–Crippen MR) is 73.6 cm³/mol. The van der Waals surface area contributed by atoms with E-state index < -0.39 is 0 Å². The zero-order valence-electron chi connectivity index (χ0n) is 11.6. The van der Waals surface area contributed by atoms with Crippen molar-refractivity contribution in [3.05, 3.63) is 29.0 Å². The number of hydrogen-bond acceptors (Lipinski definition) is 4. The van der Waals surface area contributed by atoms with Crippen molar-refractivity contribution in [1.29, 1.82) is 5.26 Å². The molecule has 0 saturated heterocycles. The molecule has 0 aromatic carbocycles. The van der Waals surface area contributed by atoms with E-state index in [1.165, 1.54) is 0 Å². The van der Waals surface area contributed by atoms with Crippen molar-refractivity contribution in [2.45, 2.75) is 33.6 Å². The third-order valence-corrected chi connectivity index (χ3v) is 2.81. The lowest BCUT2D eigenvalue weighted by molar-refractivity contribution is 0.837. The molecule has 0 spiro atoms. The van der Waals surface area contributed by atoms with Gasteiger partial charge in [0.05, 0.1) is 5.69 Å². The highest BCUT2D eigenvalue weighted by Crippen LogP contribution is 2.22. The van der Waals surface area contributed by atoms with Crippen molar-refractivity contribution in [1.82, 2.24) is 10.2 Å². The van der Waals surface area contributed by atoms with Gasteiger partial charge in [-0.25, -0.2) is 0 Å². The molecule has 1 rings (SSSR count). The highest BCUT2D eigenvalue weighted by Gasteiger charge is 2.16. The second-order valence-corrected chi connectivity index (χ2v) is 4.46. The molecular formula is C14H20N4. The molecule has 0 fully saturated rings. The average Bonchev–Trinajstić information content (AvgIpc) is 2.35. The van der Waals surface area contributed by atoms with Gasteiger partial charge in [-0.15, -0.1) is 5.10 Å². The number of aromatic nitrogens is 2. The Labute approximate surface area is 109 Å². The fraction of sp³-hybridized carbons (Fsp3) is 0.500. The van der Waals surface area contributed by atoms with E-state index in [0.29, 0.717) is 17.9 Å². The van der Waals surface area contributed by atoms with Crippen LogP contribution in [0, 0.1) is 11.3 Å². The molecule has 0 aliphatic heterocycles. The SMILES string of the molecule is C=C(C)CN(C)c1nnc(CC)c(CC)c1C#N. The van der Waals surface area contributed by atoms with E-state index >= 15 is 0 Å². The van der Waals surface area contributed by atoms with Crippen LogP contribution >= 0.6 is 0 Å². The maximum Gasteiger partial charge on any atom is 0.169 e. The summed E-state index contributed by atoms with van der Waals surface area (Å²) in [5.74, 6) is 0.648. The summed E-state index contributed by atoms with van der Waals surface area (Å²) in [6.07, 6.45) is 1.60. The van der Waals surface area contributed by atoms with Gasteiger partial charge in [-0.3, -0.25) is 0 Å². The van der Waals surface area contributed by atoms with Crippen LogP contribution in [0.2, 0.25) is 0 Å². The van der Waals surface area contributed by atoms with Crippen LogP contribution in [0.3, 0.4) is 0 Å². The summed E-state index contributed by atoms with van der Waals surface area (Å²) >= 11 is 0. The minimum Gasteiger partial charge on any atom is -0.353 e. The lowest BCUT2D eigenvalue weighted by atomic mass is 10.0. The van der Waals surface area contributed by atoms with Crippen LogP contribution in [0.1, 0.15) is 37.6 Å². The fourth-order valence-electron chi connectivity index (χ4n) is 2.03. The fourth-order valence-corrected chi connectivity index (χ4v) is 2.03. The first-order valence-electron chi connectivity index (χ1n) is 6.19.